The van der Waals surface area contributed by atoms with Gasteiger partial charge in [-0.05, 0) is 45.4 Å². The van der Waals surface area contributed by atoms with Crippen molar-refractivity contribution in [3.05, 3.63) is 23.8 Å². The number of Topliss-reactive ketones (excluding diaryl/α,β-unsaturated/α-hetero) is 1. The van der Waals surface area contributed by atoms with E-state index in [1.807, 2.05) is 6.08 Å². The lowest BCUT2D eigenvalue weighted by Gasteiger charge is -2.24. The molecule has 0 rings (SSSR count). The smallest absolute Gasteiger partial charge is 0.303 e. The summed E-state index contributed by atoms with van der Waals surface area (Å²) in [5, 5.41) is 29.3. The van der Waals surface area contributed by atoms with Gasteiger partial charge in [0.2, 0.25) is 0 Å². The zero-order valence-electron chi connectivity index (χ0n) is 16.2. The molecule has 1 unspecified atom stereocenters. The fourth-order valence-electron chi connectivity index (χ4n) is 2.62. The average Bonchev–Trinajstić information content (AvgIpc) is 2.43. The van der Waals surface area contributed by atoms with Gasteiger partial charge in [0.1, 0.15) is 5.78 Å². The Morgan fingerprint density at radius 1 is 1.12 bits per heavy atom. The number of aliphatic hydroxyl groups is 2. The van der Waals surface area contributed by atoms with Gasteiger partial charge in [-0.2, -0.15) is 0 Å². The normalized spacial score (nSPS) is 17.5. The fourth-order valence-corrected chi connectivity index (χ4v) is 2.62. The highest BCUT2D eigenvalue weighted by atomic mass is 16.4. The van der Waals surface area contributed by atoms with Crippen molar-refractivity contribution in [1.29, 1.82) is 0 Å². The highest BCUT2D eigenvalue weighted by molar-refractivity contribution is 5.75. The van der Waals surface area contributed by atoms with Crippen molar-refractivity contribution in [3.8, 4) is 0 Å². The number of hydrogen-bond donors (Lipinski definition) is 3. The summed E-state index contributed by atoms with van der Waals surface area (Å²) in [5.74, 6) is -0.166. The van der Waals surface area contributed by atoms with Gasteiger partial charge in [0.05, 0.1) is 11.7 Å². The summed E-state index contributed by atoms with van der Waals surface area (Å²) in [6.45, 7) is 9.13. The molecule has 5 nitrogen and oxygen atoms in total. The molecule has 0 fully saturated rings. The molecule has 5 heteroatoms. The zero-order valence-corrected chi connectivity index (χ0v) is 16.2. The molecule has 0 aromatic heterocycles. The summed E-state index contributed by atoms with van der Waals surface area (Å²) < 4.78 is 0. The summed E-state index contributed by atoms with van der Waals surface area (Å²) >= 11 is 0. The van der Waals surface area contributed by atoms with E-state index in [2.05, 4.69) is 13.8 Å². The summed E-state index contributed by atoms with van der Waals surface area (Å²) in [6, 6.07) is 0. The highest BCUT2D eigenvalue weighted by Gasteiger charge is 2.22. The van der Waals surface area contributed by atoms with Crippen LogP contribution in [-0.4, -0.2) is 38.8 Å². The van der Waals surface area contributed by atoms with Crippen LogP contribution in [0, 0.1) is 11.8 Å². The highest BCUT2D eigenvalue weighted by Crippen LogP contribution is 2.23. The Balaban J connectivity index is 4.73. The molecule has 3 N–H and O–H groups in total. The Morgan fingerprint density at radius 2 is 1.72 bits per heavy atom. The van der Waals surface area contributed by atoms with Gasteiger partial charge in [-0.25, -0.2) is 0 Å². The lowest BCUT2D eigenvalue weighted by atomic mass is 9.87. The maximum atomic E-state index is 11.2. The van der Waals surface area contributed by atoms with Crippen molar-refractivity contribution in [2.24, 2.45) is 11.8 Å². The van der Waals surface area contributed by atoms with Gasteiger partial charge in [-0.1, -0.05) is 37.6 Å². The van der Waals surface area contributed by atoms with E-state index in [9.17, 15) is 19.8 Å². The van der Waals surface area contributed by atoms with Crippen LogP contribution < -0.4 is 0 Å². The first-order valence-electron chi connectivity index (χ1n) is 8.91. The quantitative estimate of drug-likeness (QED) is 0.466. The molecule has 0 aliphatic carbocycles. The SMILES string of the molecule is CC(=O)CC[C@H](/C=C/C(C)(O)C[C@@H](O)/C=C(\C)CCC(=O)O)C(C)C. The Hall–Kier alpha value is -1.46. The van der Waals surface area contributed by atoms with Crippen LogP contribution in [0.5, 0.6) is 0 Å². The number of hydrogen-bond acceptors (Lipinski definition) is 4. The third-order valence-corrected chi connectivity index (χ3v) is 4.22. The van der Waals surface area contributed by atoms with Gasteiger partial charge >= 0.3 is 5.97 Å². The predicted molar refractivity (Wildman–Crippen MR) is 99.3 cm³/mol. The molecule has 0 saturated heterocycles. The molecule has 0 aromatic carbocycles. The molecule has 0 spiro atoms. The number of carbonyl (C=O) groups excluding carboxylic acids is 1. The summed E-state index contributed by atoms with van der Waals surface area (Å²) in [7, 11) is 0. The van der Waals surface area contributed by atoms with E-state index in [4.69, 9.17) is 5.11 Å². The maximum Gasteiger partial charge on any atom is 0.303 e. The second-order valence-electron chi connectivity index (χ2n) is 7.54. The van der Waals surface area contributed by atoms with Crippen LogP contribution in [0.4, 0.5) is 0 Å². The molecule has 25 heavy (non-hydrogen) atoms. The monoisotopic (exact) mass is 354 g/mol. The molecule has 0 saturated carbocycles. The molecule has 0 radical (unpaired) electrons. The third-order valence-electron chi connectivity index (χ3n) is 4.22. The van der Waals surface area contributed by atoms with E-state index in [1.54, 1.807) is 32.9 Å². The van der Waals surface area contributed by atoms with Crippen molar-refractivity contribution in [3.63, 3.8) is 0 Å². The second kappa shape index (κ2) is 11.2. The lowest BCUT2D eigenvalue weighted by molar-refractivity contribution is -0.137. The van der Waals surface area contributed by atoms with E-state index in [0.29, 0.717) is 18.8 Å². The van der Waals surface area contributed by atoms with Crippen LogP contribution >= 0.6 is 0 Å². The third kappa shape index (κ3) is 12.5. The number of rotatable bonds is 12. The van der Waals surface area contributed by atoms with Gasteiger partial charge in [0.15, 0.2) is 0 Å². The van der Waals surface area contributed by atoms with Crippen LogP contribution in [0.15, 0.2) is 23.8 Å². The zero-order chi connectivity index (χ0) is 19.6. The van der Waals surface area contributed by atoms with Gasteiger partial charge in [0, 0.05) is 19.3 Å². The predicted octanol–water partition coefficient (Wildman–Crippen LogP) is 3.50. The first-order chi connectivity index (χ1) is 11.4. The van der Waals surface area contributed by atoms with Gasteiger partial charge in [0.25, 0.3) is 0 Å². The lowest BCUT2D eigenvalue weighted by Crippen LogP contribution is -2.27. The number of carboxylic acid groups (broad SMARTS) is 1. The van der Waals surface area contributed by atoms with E-state index >= 15 is 0 Å². The minimum Gasteiger partial charge on any atom is -0.481 e. The molecular formula is C20H34O5. The molecular weight excluding hydrogens is 320 g/mol. The molecule has 0 bridgehead atoms. The van der Waals surface area contributed by atoms with Crippen molar-refractivity contribution in [2.45, 2.75) is 78.4 Å². The molecule has 0 heterocycles. The molecule has 0 amide bonds. The molecule has 144 valence electrons. The van der Waals surface area contributed by atoms with Crippen molar-refractivity contribution in [2.75, 3.05) is 0 Å². The summed E-state index contributed by atoms with van der Waals surface area (Å²) in [5.41, 5.74) is -0.386. The molecule has 3 atom stereocenters. The topological polar surface area (TPSA) is 94.8 Å². The maximum absolute atomic E-state index is 11.2. The van der Waals surface area contributed by atoms with Gasteiger partial charge < -0.3 is 20.1 Å². The second-order valence-corrected chi connectivity index (χ2v) is 7.54. The first-order valence-corrected chi connectivity index (χ1v) is 8.91. The largest absolute Gasteiger partial charge is 0.481 e. The molecule has 0 aliphatic rings. The minimum atomic E-state index is -1.17. The molecule has 0 aliphatic heterocycles. The van der Waals surface area contributed by atoms with Crippen molar-refractivity contribution >= 4 is 11.8 Å². The minimum absolute atomic E-state index is 0.0254. The summed E-state index contributed by atoms with van der Waals surface area (Å²) in [6.07, 6.45) is 6.18. The van der Waals surface area contributed by atoms with E-state index < -0.39 is 17.7 Å². The number of aliphatic carboxylic acids is 1. The first kappa shape index (κ1) is 23.5. The Kier molecular flexibility index (Phi) is 10.6. The number of ketones is 1. The van der Waals surface area contributed by atoms with Crippen LogP contribution in [0.3, 0.4) is 0 Å². The van der Waals surface area contributed by atoms with Crippen LogP contribution in [0.1, 0.15) is 66.7 Å². The number of allylic oxidation sites excluding steroid dienone is 2. The standard InChI is InChI=1S/C20H34O5/c1-14(2)17(8-7-16(4)21)10-11-20(5,25)13-18(22)12-15(3)6-9-19(23)24/h10-12,14,17-18,22,25H,6-9,13H2,1-5H3,(H,23,24)/b11-10+,15-12+/t17-,18+,20?/m1/s1. The Morgan fingerprint density at radius 3 is 2.20 bits per heavy atom. The number of carboxylic acids is 1. The van der Waals surface area contributed by atoms with Crippen LogP contribution in [0.25, 0.3) is 0 Å². The van der Waals surface area contributed by atoms with Gasteiger partial charge in [-0.3, -0.25) is 4.79 Å². The van der Waals surface area contributed by atoms with Crippen LogP contribution in [-0.2, 0) is 9.59 Å². The fraction of sp³-hybridized carbons (Fsp3) is 0.700. The van der Waals surface area contributed by atoms with Crippen molar-refractivity contribution < 1.29 is 24.9 Å². The number of carbonyl (C=O) groups is 2. The van der Waals surface area contributed by atoms with E-state index in [0.717, 1.165) is 12.0 Å². The van der Waals surface area contributed by atoms with E-state index in [-0.39, 0.29) is 24.5 Å². The van der Waals surface area contributed by atoms with Crippen molar-refractivity contribution in [1.82, 2.24) is 0 Å². The average molecular weight is 354 g/mol. The van der Waals surface area contributed by atoms with Crippen LogP contribution in [0.2, 0.25) is 0 Å². The van der Waals surface area contributed by atoms with Gasteiger partial charge in [-0.15, -0.1) is 0 Å². The molecule has 0 aromatic rings. The Labute approximate surface area is 151 Å². The van der Waals surface area contributed by atoms with E-state index in [1.165, 1.54) is 0 Å². The Bertz CT molecular complexity index is 488. The summed E-state index contributed by atoms with van der Waals surface area (Å²) in [4.78, 5) is 21.7. The number of aliphatic hydroxyl groups excluding tert-OH is 1.